The Kier molecular flexibility index (Phi) is 5.66. The minimum absolute atomic E-state index is 0.0920. The number of likely N-dealkylation sites (tertiary alicyclic amines) is 1. The number of hydrogen-bond donors (Lipinski definition) is 1. The molecule has 0 unspecified atom stereocenters. The fourth-order valence-corrected chi connectivity index (χ4v) is 3.05. The van der Waals surface area contributed by atoms with Crippen molar-refractivity contribution in [1.29, 1.82) is 0 Å². The second-order valence-electron chi connectivity index (χ2n) is 6.60. The molecule has 2 heterocycles. The molecule has 1 aromatic carbocycles. The van der Waals surface area contributed by atoms with Crippen LogP contribution in [0.25, 0.3) is 0 Å². The summed E-state index contributed by atoms with van der Waals surface area (Å²) in [5, 5.41) is 0. The van der Waals surface area contributed by atoms with Gasteiger partial charge in [0.05, 0.1) is 6.20 Å². The fraction of sp³-hybridized carbons (Fsp3) is 0.400. The molecule has 0 saturated carbocycles. The zero-order valence-electron chi connectivity index (χ0n) is 14.6. The number of amides is 1. The monoisotopic (exact) mass is 339 g/mol. The highest BCUT2D eigenvalue weighted by Gasteiger charge is 2.22. The molecule has 0 bridgehead atoms. The van der Waals surface area contributed by atoms with E-state index in [1.165, 1.54) is 0 Å². The van der Waals surface area contributed by atoms with Crippen LogP contribution in [0.15, 0.2) is 42.6 Å². The number of aromatic nitrogens is 1. The maximum atomic E-state index is 12.7. The third-order valence-electron chi connectivity index (χ3n) is 4.70. The Morgan fingerprint density at radius 3 is 2.76 bits per heavy atom. The number of ether oxygens (including phenoxy) is 1. The number of piperidine rings is 1. The van der Waals surface area contributed by atoms with Crippen molar-refractivity contribution in [3.8, 4) is 5.75 Å². The molecule has 132 valence electrons. The summed E-state index contributed by atoms with van der Waals surface area (Å²) in [4.78, 5) is 18.8. The van der Waals surface area contributed by atoms with Crippen LogP contribution >= 0.6 is 0 Å². The molecule has 1 fully saturated rings. The Bertz CT molecular complexity index is 707. The molecule has 1 aromatic heterocycles. The molecule has 3 rings (SSSR count). The third-order valence-corrected chi connectivity index (χ3v) is 4.70. The normalized spacial score (nSPS) is 15.2. The van der Waals surface area contributed by atoms with E-state index in [1.54, 1.807) is 6.20 Å². The van der Waals surface area contributed by atoms with Crippen molar-refractivity contribution in [2.75, 3.05) is 19.6 Å². The van der Waals surface area contributed by atoms with E-state index < -0.39 is 0 Å². The Balaban J connectivity index is 1.61. The van der Waals surface area contributed by atoms with E-state index in [-0.39, 0.29) is 5.91 Å². The minimum atomic E-state index is 0.0920. The average molecular weight is 339 g/mol. The molecule has 1 amide bonds. The molecular weight excluding hydrogens is 314 g/mol. The smallest absolute Gasteiger partial charge is 0.253 e. The van der Waals surface area contributed by atoms with Gasteiger partial charge in [0.25, 0.3) is 5.91 Å². The zero-order valence-corrected chi connectivity index (χ0v) is 14.6. The lowest BCUT2D eigenvalue weighted by molar-refractivity contribution is 0.0693. The van der Waals surface area contributed by atoms with Gasteiger partial charge >= 0.3 is 0 Å². The molecule has 0 atom stereocenters. The van der Waals surface area contributed by atoms with Crippen molar-refractivity contribution in [3.63, 3.8) is 0 Å². The number of nitrogens with zero attached hydrogens (tertiary/aromatic N) is 2. The van der Waals surface area contributed by atoms with Gasteiger partial charge in [0.2, 0.25) is 0 Å². The molecule has 5 heteroatoms. The van der Waals surface area contributed by atoms with Crippen LogP contribution in [0.5, 0.6) is 5.75 Å². The van der Waals surface area contributed by atoms with Gasteiger partial charge in [0.1, 0.15) is 12.4 Å². The summed E-state index contributed by atoms with van der Waals surface area (Å²) in [6.07, 6.45) is 3.70. The van der Waals surface area contributed by atoms with E-state index in [0.717, 1.165) is 42.9 Å². The predicted molar refractivity (Wildman–Crippen MR) is 97.4 cm³/mol. The van der Waals surface area contributed by atoms with E-state index in [1.807, 2.05) is 48.2 Å². The Labute approximate surface area is 148 Å². The van der Waals surface area contributed by atoms with Gasteiger partial charge in [0.15, 0.2) is 0 Å². The summed E-state index contributed by atoms with van der Waals surface area (Å²) < 4.78 is 5.75. The van der Waals surface area contributed by atoms with Gasteiger partial charge in [-0.05, 0) is 62.1 Å². The van der Waals surface area contributed by atoms with Crippen LogP contribution in [0.4, 0.5) is 0 Å². The molecule has 25 heavy (non-hydrogen) atoms. The molecule has 0 spiro atoms. The average Bonchev–Trinajstić information content (AvgIpc) is 2.67. The summed E-state index contributed by atoms with van der Waals surface area (Å²) in [6, 6.07) is 11.5. The summed E-state index contributed by atoms with van der Waals surface area (Å²) in [5.74, 6) is 1.37. The van der Waals surface area contributed by atoms with Crippen LogP contribution < -0.4 is 10.5 Å². The summed E-state index contributed by atoms with van der Waals surface area (Å²) in [6.45, 7) is 4.64. The maximum Gasteiger partial charge on any atom is 0.253 e. The lowest BCUT2D eigenvalue weighted by Gasteiger charge is -2.31. The number of carbonyl (C=O) groups is 1. The number of aryl methyl sites for hydroxylation is 1. The molecule has 2 aromatic rings. The molecule has 0 radical (unpaired) electrons. The highest BCUT2D eigenvalue weighted by Crippen LogP contribution is 2.19. The summed E-state index contributed by atoms with van der Waals surface area (Å²) >= 11 is 0. The van der Waals surface area contributed by atoms with Crippen molar-refractivity contribution in [1.82, 2.24) is 9.88 Å². The SMILES string of the molecule is Cc1ccc(OCc2cccc(C(=O)N3CCC(CN)CC3)c2)cn1. The van der Waals surface area contributed by atoms with Crippen LogP contribution in [0.3, 0.4) is 0 Å². The van der Waals surface area contributed by atoms with Gasteiger partial charge in [-0.2, -0.15) is 0 Å². The van der Waals surface area contributed by atoms with Gasteiger partial charge in [-0.15, -0.1) is 0 Å². The van der Waals surface area contributed by atoms with Gasteiger partial charge in [0, 0.05) is 24.3 Å². The third kappa shape index (κ3) is 4.57. The van der Waals surface area contributed by atoms with Crippen molar-refractivity contribution >= 4 is 5.91 Å². The van der Waals surface area contributed by atoms with Gasteiger partial charge in [-0.3, -0.25) is 9.78 Å². The largest absolute Gasteiger partial charge is 0.487 e. The predicted octanol–water partition coefficient (Wildman–Crippen LogP) is 2.78. The van der Waals surface area contributed by atoms with E-state index in [2.05, 4.69) is 4.98 Å². The number of carbonyl (C=O) groups excluding carboxylic acids is 1. The quantitative estimate of drug-likeness (QED) is 0.909. The zero-order chi connectivity index (χ0) is 17.6. The maximum absolute atomic E-state index is 12.7. The molecule has 0 aliphatic carbocycles. The number of benzene rings is 1. The lowest BCUT2D eigenvalue weighted by Crippen LogP contribution is -2.40. The highest BCUT2D eigenvalue weighted by atomic mass is 16.5. The molecule has 2 N–H and O–H groups in total. The van der Waals surface area contributed by atoms with Gasteiger partial charge < -0.3 is 15.4 Å². The number of rotatable bonds is 5. The first kappa shape index (κ1) is 17.4. The standard InChI is InChI=1S/C20H25N3O2/c1-15-5-6-19(13-22-15)25-14-17-3-2-4-18(11-17)20(24)23-9-7-16(12-21)8-10-23/h2-6,11,13,16H,7-10,12,14,21H2,1H3. The van der Waals surface area contributed by atoms with Gasteiger partial charge in [-0.25, -0.2) is 0 Å². The van der Waals surface area contributed by atoms with E-state index in [9.17, 15) is 4.79 Å². The van der Waals surface area contributed by atoms with Crippen LogP contribution in [0.1, 0.15) is 34.5 Å². The van der Waals surface area contributed by atoms with Crippen LogP contribution in [0, 0.1) is 12.8 Å². The number of nitrogens with two attached hydrogens (primary N) is 1. The highest BCUT2D eigenvalue weighted by molar-refractivity contribution is 5.94. The second-order valence-corrected chi connectivity index (χ2v) is 6.60. The number of pyridine rings is 1. The van der Waals surface area contributed by atoms with Crippen molar-refractivity contribution in [3.05, 3.63) is 59.4 Å². The van der Waals surface area contributed by atoms with Crippen molar-refractivity contribution < 1.29 is 9.53 Å². The van der Waals surface area contributed by atoms with E-state index in [0.29, 0.717) is 24.6 Å². The first-order valence-electron chi connectivity index (χ1n) is 8.79. The summed E-state index contributed by atoms with van der Waals surface area (Å²) in [5.41, 5.74) is 8.37. The fourth-order valence-electron chi connectivity index (χ4n) is 3.05. The first-order valence-corrected chi connectivity index (χ1v) is 8.79. The van der Waals surface area contributed by atoms with E-state index >= 15 is 0 Å². The topological polar surface area (TPSA) is 68.5 Å². The van der Waals surface area contributed by atoms with Gasteiger partial charge in [-0.1, -0.05) is 12.1 Å². The second kappa shape index (κ2) is 8.12. The van der Waals surface area contributed by atoms with E-state index in [4.69, 9.17) is 10.5 Å². The molecule has 1 saturated heterocycles. The minimum Gasteiger partial charge on any atom is -0.487 e. The first-order chi connectivity index (χ1) is 12.2. The number of hydrogen-bond acceptors (Lipinski definition) is 4. The molecule has 5 nitrogen and oxygen atoms in total. The lowest BCUT2D eigenvalue weighted by atomic mass is 9.96. The van der Waals surface area contributed by atoms with Crippen LogP contribution in [-0.4, -0.2) is 35.4 Å². The van der Waals surface area contributed by atoms with Crippen LogP contribution in [0.2, 0.25) is 0 Å². The Morgan fingerprint density at radius 2 is 2.08 bits per heavy atom. The molecule has 1 aliphatic heterocycles. The van der Waals surface area contributed by atoms with Crippen molar-refractivity contribution in [2.24, 2.45) is 11.7 Å². The van der Waals surface area contributed by atoms with Crippen molar-refractivity contribution in [2.45, 2.75) is 26.4 Å². The molecular formula is C20H25N3O2. The van der Waals surface area contributed by atoms with Crippen LogP contribution in [-0.2, 0) is 6.61 Å². The Morgan fingerprint density at radius 1 is 1.28 bits per heavy atom. The summed E-state index contributed by atoms with van der Waals surface area (Å²) in [7, 11) is 0. The molecule has 1 aliphatic rings. The Hall–Kier alpha value is -2.40.